The fraction of sp³-hybridized carbons (Fsp3) is 0.462. The minimum atomic E-state index is -0.593. The van der Waals surface area contributed by atoms with E-state index in [1.807, 2.05) is 13.8 Å². The third-order valence-electron chi connectivity index (χ3n) is 2.85. The Hall–Kier alpha value is -1.71. The van der Waals surface area contributed by atoms with Crippen molar-refractivity contribution in [1.82, 2.24) is 0 Å². The summed E-state index contributed by atoms with van der Waals surface area (Å²) < 4.78 is 0. The van der Waals surface area contributed by atoms with Gasteiger partial charge in [0, 0.05) is 11.5 Å². The van der Waals surface area contributed by atoms with Gasteiger partial charge in [-0.25, -0.2) is 0 Å². The third kappa shape index (κ3) is 2.90. The van der Waals surface area contributed by atoms with Crippen LogP contribution in [-0.2, 0) is 0 Å². The molecule has 1 unspecified atom stereocenters. The standard InChI is InChI=1S/C13H18O4/c1-3-5-8(4-2)12(16)9-6-10(14)13(17)11(15)7-9/h6-8,14-15,17H,3-5H2,1-2H3. The van der Waals surface area contributed by atoms with Gasteiger partial charge in [0.05, 0.1) is 0 Å². The van der Waals surface area contributed by atoms with Gasteiger partial charge in [0.2, 0.25) is 0 Å². The van der Waals surface area contributed by atoms with Crippen LogP contribution in [-0.4, -0.2) is 21.1 Å². The summed E-state index contributed by atoms with van der Waals surface area (Å²) in [6.07, 6.45) is 2.40. The topological polar surface area (TPSA) is 77.8 Å². The summed E-state index contributed by atoms with van der Waals surface area (Å²) in [5, 5.41) is 27.9. The first-order valence-corrected chi connectivity index (χ1v) is 5.80. The first kappa shape index (κ1) is 13.4. The number of phenolic OH excluding ortho intramolecular Hbond substituents is 3. The zero-order valence-electron chi connectivity index (χ0n) is 10.1. The highest BCUT2D eigenvalue weighted by Gasteiger charge is 2.20. The number of hydrogen-bond acceptors (Lipinski definition) is 4. The number of ketones is 1. The first-order chi connectivity index (χ1) is 8.01. The summed E-state index contributed by atoms with van der Waals surface area (Å²) >= 11 is 0. The molecule has 1 rings (SSSR count). The van der Waals surface area contributed by atoms with Crippen molar-refractivity contribution in [3.63, 3.8) is 0 Å². The minimum absolute atomic E-state index is 0.108. The molecule has 0 radical (unpaired) electrons. The van der Waals surface area contributed by atoms with Crippen LogP contribution in [0.3, 0.4) is 0 Å². The van der Waals surface area contributed by atoms with E-state index in [1.54, 1.807) is 0 Å². The number of hydrogen-bond donors (Lipinski definition) is 3. The molecular weight excluding hydrogens is 220 g/mol. The number of Topliss-reactive ketones (excluding diaryl/α,β-unsaturated/α-hetero) is 1. The van der Waals surface area contributed by atoms with Crippen molar-refractivity contribution in [2.24, 2.45) is 5.92 Å². The second-order valence-electron chi connectivity index (χ2n) is 4.12. The lowest BCUT2D eigenvalue weighted by Gasteiger charge is -2.13. The fourth-order valence-corrected chi connectivity index (χ4v) is 1.85. The van der Waals surface area contributed by atoms with Crippen molar-refractivity contribution in [1.29, 1.82) is 0 Å². The SMILES string of the molecule is CCCC(CC)C(=O)c1cc(O)c(O)c(O)c1. The summed E-state index contributed by atoms with van der Waals surface area (Å²) in [5.41, 5.74) is 0.234. The van der Waals surface area contributed by atoms with Crippen molar-refractivity contribution in [3.05, 3.63) is 17.7 Å². The predicted molar refractivity (Wildman–Crippen MR) is 64.5 cm³/mol. The minimum Gasteiger partial charge on any atom is -0.504 e. The summed E-state index contributed by atoms with van der Waals surface area (Å²) in [6, 6.07) is 2.38. The van der Waals surface area contributed by atoms with Crippen LogP contribution in [0, 0.1) is 5.92 Å². The number of carbonyl (C=O) groups excluding carboxylic acids is 1. The van der Waals surface area contributed by atoms with Gasteiger partial charge in [-0.3, -0.25) is 4.79 Å². The second-order valence-corrected chi connectivity index (χ2v) is 4.12. The molecule has 1 aromatic carbocycles. The molecule has 0 spiro atoms. The Bertz CT molecular complexity index is 389. The van der Waals surface area contributed by atoms with Crippen LogP contribution in [0.5, 0.6) is 17.2 Å². The van der Waals surface area contributed by atoms with E-state index in [0.717, 1.165) is 19.3 Å². The van der Waals surface area contributed by atoms with Crippen LogP contribution in [0.4, 0.5) is 0 Å². The van der Waals surface area contributed by atoms with Gasteiger partial charge in [0.1, 0.15) is 0 Å². The molecule has 0 saturated carbocycles. The molecule has 0 heterocycles. The molecule has 0 aliphatic rings. The molecule has 4 heteroatoms. The van der Waals surface area contributed by atoms with Gasteiger partial charge in [-0.15, -0.1) is 0 Å². The van der Waals surface area contributed by atoms with E-state index in [9.17, 15) is 20.1 Å². The Balaban J connectivity index is 3.03. The molecule has 3 N–H and O–H groups in total. The molecule has 4 nitrogen and oxygen atoms in total. The maximum absolute atomic E-state index is 12.1. The number of benzene rings is 1. The average molecular weight is 238 g/mol. The van der Waals surface area contributed by atoms with Gasteiger partial charge >= 0.3 is 0 Å². The smallest absolute Gasteiger partial charge is 0.200 e. The molecule has 0 aliphatic carbocycles. The molecule has 0 aliphatic heterocycles. The Kier molecular flexibility index (Phi) is 4.37. The van der Waals surface area contributed by atoms with Crippen molar-refractivity contribution in [2.75, 3.05) is 0 Å². The second kappa shape index (κ2) is 5.57. The summed E-state index contributed by atoms with van der Waals surface area (Å²) in [7, 11) is 0. The molecule has 0 aromatic heterocycles. The molecule has 0 saturated heterocycles. The largest absolute Gasteiger partial charge is 0.504 e. The van der Waals surface area contributed by atoms with Crippen LogP contribution in [0.2, 0.25) is 0 Å². The highest BCUT2D eigenvalue weighted by atomic mass is 16.3. The molecular formula is C13H18O4. The van der Waals surface area contributed by atoms with Gasteiger partial charge in [-0.2, -0.15) is 0 Å². The Labute approximate surface area is 101 Å². The quantitative estimate of drug-likeness (QED) is 0.544. The molecule has 94 valence electrons. The van der Waals surface area contributed by atoms with Gasteiger partial charge in [0.25, 0.3) is 0 Å². The summed E-state index contributed by atoms with van der Waals surface area (Å²) in [4.78, 5) is 12.1. The normalized spacial score (nSPS) is 12.4. The van der Waals surface area contributed by atoms with E-state index in [0.29, 0.717) is 0 Å². The lowest BCUT2D eigenvalue weighted by Crippen LogP contribution is -2.13. The molecule has 1 atom stereocenters. The maximum Gasteiger partial charge on any atom is 0.200 e. The fourth-order valence-electron chi connectivity index (χ4n) is 1.85. The third-order valence-corrected chi connectivity index (χ3v) is 2.85. The van der Waals surface area contributed by atoms with E-state index in [2.05, 4.69) is 0 Å². The van der Waals surface area contributed by atoms with Crippen LogP contribution < -0.4 is 0 Å². The van der Waals surface area contributed by atoms with E-state index < -0.39 is 17.2 Å². The van der Waals surface area contributed by atoms with E-state index in [-0.39, 0.29) is 17.3 Å². The Morgan fingerprint density at radius 2 is 1.71 bits per heavy atom. The highest BCUT2D eigenvalue weighted by Crippen LogP contribution is 2.36. The molecule has 0 amide bonds. The van der Waals surface area contributed by atoms with E-state index in [1.165, 1.54) is 12.1 Å². The molecule has 1 aromatic rings. The van der Waals surface area contributed by atoms with E-state index >= 15 is 0 Å². The Morgan fingerprint density at radius 3 is 2.12 bits per heavy atom. The number of aromatic hydroxyl groups is 3. The summed E-state index contributed by atoms with van der Waals surface area (Å²) in [5.74, 6) is -1.76. The lowest BCUT2D eigenvalue weighted by molar-refractivity contribution is 0.0908. The van der Waals surface area contributed by atoms with Crippen molar-refractivity contribution >= 4 is 5.78 Å². The number of carbonyl (C=O) groups is 1. The van der Waals surface area contributed by atoms with Gasteiger partial charge in [-0.1, -0.05) is 20.3 Å². The summed E-state index contributed by atoms with van der Waals surface area (Å²) in [6.45, 7) is 3.93. The highest BCUT2D eigenvalue weighted by molar-refractivity contribution is 5.98. The molecule has 0 bridgehead atoms. The monoisotopic (exact) mass is 238 g/mol. The van der Waals surface area contributed by atoms with Gasteiger partial charge < -0.3 is 15.3 Å². The van der Waals surface area contributed by atoms with Crippen molar-refractivity contribution < 1.29 is 20.1 Å². The van der Waals surface area contributed by atoms with Gasteiger partial charge in [-0.05, 0) is 25.0 Å². The van der Waals surface area contributed by atoms with Crippen molar-refractivity contribution in [2.45, 2.75) is 33.1 Å². The lowest BCUT2D eigenvalue weighted by atomic mass is 9.91. The van der Waals surface area contributed by atoms with Crippen molar-refractivity contribution in [3.8, 4) is 17.2 Å². The Morgan fingerprint density at radius 1 is 1.18 bits per heavy atom. The van der Waals surface area contributed by atoms with Crippen LogP contribution >= 0.6 is 0 Å². The average Bonchev–Trinajstić information content (AvgIpc) is 2.31. The number of rotatable bonds is 5. The van der Waals surface area contributed by atoms with Crippen LogP contribution in [0.15, 0.2) is 12.1 Å². The number of phenols is 3. The predicted octanol–water partition coefficient (Wildman–Crippen LogP) is 2.81. The van der Waals surface area contributed by atoms with Crippen LogP contribution in [0.25, 0.3) is 0 Å². The first-order valence-electron chi connectivity index (χ1n) is 5.80. The van der Waals surface area contributed by atoms with Gasteiger partial charge in [0.15, 0.2) is 23.0 Å². The molecule has 17 heavy (non-hydrogen) atoms. The zero-order valence-corrected chi connectivity index (χ0v) is 10.1. The molecule has 0 fully saturated rings. The van der Waals surface area contributed by atoms with E-state index in [4.69, 9.17) is 0 Å². The maximum atomic E-state index is 12.1. The zero-order chi connectivity index (χ0) is 13.0. The van der Waals surface area contributed by atoms with Crippen LogP contribution in [0.1, 0.15) is 43.5 Å².